The smallest absolute Gasteiger partial charge is 0.336 e. The molecule has 2 fully saturated rings. The van der Waals surface area contributed by atoms with Crippen LogP contribution < -0.4 is 0 Å². The highest BCUT2D eigenvalue weighted by Gasteiger charge is 2.37. The van der Waals surface area contributed by atoms with E-state index in [1.165, 1.54) is 38.5 Å². The molecule has 0 radical (unpaired) electrons. The maximum Gasteiger partial charge on any atom is 0.336 e. The first-order chi connectivity index (χ1) is 10.6. The predicted octanol–water partition coefficient (Wildman–Crippen LogP) is 3.84. The third-order valence-corrected chi connectivity index (χ3v) is 4.95. The number of rotatable bonds is 7. The number of ether oxygens (including phenoxy) is 3. The van der Waals surface area contributed by atoms with Crippen molar-refractivity contribution < 1.29 is 19.0 Å². The van der Waals surface area contributed by atoms with Crippen molar-refractivity contribution in [1.29, 1.82) is 0 Å². The molecular weight excluding hydrogens is 280 g/mol. The van der Waals surface area contributed by atoms with Crippen LogP contribution in [0.1, 0.15) is 58.8 Å². The third kappa shape index (κ3) is 4.82. The fraction of sp³-hybridized carbons (Fsp3) is 0.833. The van der Waals surface area contributed by atoms with Gasteiger partial charge in [0.2, 0.25) is 0 Å². The van der Waals surface area contributed by atoms with E-state index in [4.69, 9.17) is 14.2 Å². The van der Waals surface area contributed by atoms with Crippen LogP contribution in [0.3, 0.4) is 0 Å². The van der Waals surface area contributed by atoms with Gasteiger partial charge in [0, 0.05) is 6.61 Å². The minimum Gasteiger partial charge on any atom is -0.459 e. The molecule has 4 heteroatoms. The van der Waals surface area contributed by atoms with Crippen molar-refractivity contribution in [3.63, 3.8) is 0 Å². The maximum atomic E-state index is 12.2. The first kappa shape index (κ1) is 17.5. The Morgan fingerprint density at radius 1 is 1.14 bits per heavy atom. The molecule has 2 aliphatic rings. The highest BCUT2D eigenvalue weighted by molar-refractivity contribution is 5.88. The Bertz CT molecular complexity index is 377. The second-order valence-electron chi connectivity index (χ2n) is 6.52. The quantitative estimate of drug-likeness (QED) is 0.407. The molecule has 4 nitrogen and oxygen atoms in total. The second kappa shape index (κ2) is 8.68. The molecule has 2 rings (SSSR count). The van der Waals surface area contributed by atoms with E-state index in [1.54, 1.807) is 0 Å². The van der Waals surface area contributed by atoms with E-state index in [0.717, 1.165) is 12.3 Å². The Balaban J connectivity index is 1.78. The van der Waals surface area contributed by atoms with Gasteiger partial charge in [-0.3, -0.25) is 0 Å². The van der Waals surface area contributed by atoms with E-state index in [9.17, 15) is 4.79 Å². The van der Waals surface area contributed by atoms with Crippen molar-refractivity contribution in [2.75, 3.05) is 13.2 Å². The van der Waals surface area contributed by atoms with E-state index in [2.05, 4.69) is 6.58 Å². The summed E-state index contributed by atoms with van der Waals surface area (Å²) >= 11 is 0. The minimum absolute atomic E-state index is 0.0765. The Morgan fingerprint density at radius 3 is 2.64 bits per heavy atom. The largest absolute Gasteiger partial charge is 0.459 e. The van der Waals surface area contributed by atoms with Gasteiger partial charge in [0.15, 0.2) is 6.29 Å². The zero-order valence-corrected chi connectivity index (χ0v) is 14.0. The number of hydrogen-bond donors (Lipinski definition) is 0. The molecule has 4 unspecified atom stereocenters. The molecule has 0 aromatic rings. The van der Waals surface area contributed by atoms with Gasteiger partial charge in [-0.2, -0.15) is 0 Å². The molecule has 2 aliphatic carbocycles. The number of hydrogen-bond acceptors (Lipinski definition) is 4. The molecule has 0 bridgehead atoms. The number of esters is 1. The first-order valence-electron chi connectivity index (χ1n) is 8.73. The minimum atomic E-state index is -0.327. The van der Waals surface area contributed by atoms with Gasteiger partial charge in [-0.15, -0.1) is 0 Å². The number of carbonyl (C=O) groups excluding carboxylic acids is 1. The van der Waals surface area contributed by atoms with Gasteiger partial charge < -0.3 is 14.2 Å². The molecule has 0 amide bonds. The Labute approximate surface area is 134 Å². The van der Waals surface area contributed by atoms with Gasteiger partial charge in [-0.05, 0) is 51.4 Å². The summed E-state index contributed by atoms with van der Waals surface area (Å²) in [4.78, 5) is 12.2. The van der Waals surface area contributed by atoms with Crippen molar-refractivity contribution in [2.45, 2.75) is 71.2 Å². The molecule has 0 aromatic carbocycles. The molecule has 0 saturated heterocycles. The van der Waals surface area contributed by atoms with E-state index in [0.29, 0.717) is 18.1 Å². The average Bonchev–Trinajstić information content (AvgIpc) is 2.53. The SMILES string of the molecule is C=C(COC(C)OCC)C(=O)OC1CCCC2CCCCC21. The van der Waals surface area contributed by atoms with Crippen LogP contribution in [0.4, 0.5) is 0 Å². The second-order valence-corrected chi connectivity index (χ2v) is 6.52. The lowest BCUT2D eigenvalue weighted by Gasteiger charge is -2.40. The van der Waals surface area contributed by atoms with Crippen molar-refractivity contribution in [2.24, 2.45) is 11.8 Å². The van der Waals surface area contributed by atoms with Gasteiger partial charge >= 0.3 is 5.97 Å². The summed E-state index contributed by atoms with van der Waals surface area (Å²) in [6.45, 7) is 8.28. The Morgan fingerprint density at radius 2 is 1.86 bits per heavy atom. The summed E-state index contributed by atoms with van der Waals surface area (Å²) in [5, 5.41) is 0. The monoisotopic (exact) mass is 310 g/mol. The molecule has 4 atom stereocenters. The number of fused-ring (bicyclic) bond motifs is 1. The summed E-state index contributed by atoms with van der Waals surface area (Å²) < 4.78 is 16.5. The number of carbonyl (C=O) groups is 1. The Hall–Kier alpha value is -0.870. The van der Waals surface area contributed by atoms with Crippen LogP contribution in [0.2, 0.25) is 0 Å². The molecule has 22 heavy (non-hydrogen) atoms. The van der Waals surface area contributed by atoms with Crippen LogP contribution in [0.5, 0.6) is 0 Å². The molecule has 0 aromatic heterocycles. The fourth-order valence-electron chi connectivity index (χ4n) is 3.81. The van der Waals surface area contributed by atoms with Crippen LogP contribution >= 0.6 is 0 Å². The van der Waals surface area contributed by atoms with E-state index in [-0.39, 0.29) is 25.0 Å². The van der Waals surface area contributed by atoms with E-state index < -0.39 is 0 Å². The summed E-state index contributed by atoms with van der Waals surface area (Å²) in [7, 11) is 0. The lowest BCUT2D eigenvalue weighted by Crippen LogP contribution is -2.38. The van der Waals surface area contributed by atoms with Crippen molar-refractivity contribution in [1.82, 2.24) is 0 Å². The van der Waals surface area contributed by atoms with Crippen molar-refractivity contribution in [3.05, 3.63) is 12.2 Å². The fourth-order valence-corrected chi connectivity index (χ4v) is 3.81. The van der Waals surface area contributed by atoms with Gasteiger partial charge in [-0.1, -0.05) is 25.8 Å². The van der Waals surface area contributed by atoms with Gasteiger partial charge in [0.25, 0.3) is 0 Å². The molecule has 0 N–H and O–H groups in total. The standard InChI is InChI=1S/C18H30O4/c1-4-20-14(3)21-12-13(2)18(19)22-17-11-7-9-15-8-5-6-10-16(15)17/h14-17H,2,4-12H2,1,3H3. The zero-order valence-electron chi connectivity index (χ0n) is 14.0. The van der Waals surface area contributed by atoms with Gasteiger partial charge in [0.1, 0.15) is 6.10 Å². The molecule has 2 saturated carbocycles. The van der Waals surface area contributed by atoms with Crippen LogP contribution in [-0.4, -0.2) is 31.6 Å². The highest BCUT2D eigenvalue weighted by Crippen LogP contribution is 2.41. The summed E-state index contributed by atoms with van der Waals surface area (Å²) in [6.07, 6.45) is 8.32. The maximum absolute atomic E-state index is 12.2. The highest BCUT2D eigenvalue weighted by atomic mass is 16.7. The van der Waals surface area contributed by atoms with Crippen LogP contribution in [0, 0.1) is 11.8 Å². The molecular formula is C18H30O4. The molecule has 0 heterocycles. The molecule has 126 valence electrons. The normalized spacial score (nSPS) is 29.5. The van der Waals surface area contributed by atoms with Crippen molar-refractivity contribution in [3.8, 4) is 0 Å². The van der Waals surface area contributed by atoms with E-state index in [1.807, 2.05) is 13.8 Å². The first-order valence-corrected chi connectivity index (χ1v) is 8.73. The lowest BCUT2D eigenvalue weighted by molar-refractivity contribution is -0.155. The lowest BCUT2D eigenvalue weighted by atomic mass is 9.69. The van der Waals surface area contributed by atoms with Crippen molar-refractivity contribution >= 4 is 5.97 Å². The van der Waals surface area contributed by atoms with Crippen LogP contribution in [0.15, 0.2) is 12.2 Å². The summed E-state index contributed by atoms with van der Waals surface area (Å²) in [5.74, 6) is 1.00. The molecule has 0 aliphatic heterocycles. The third-order valence-electron chi connectivity index (χ3n) is 4.95. The zero-order chi connectivity index (χ0) is 15.9. The van der Waals surface area contributed by atoms with Crippen LogP contribution in [-0.2, 0) is 19.0 Å². The topological polar surface area (TPSA) is 44.8 Å². The van der Waals surface area contributed by atoms with E-state index >= 15 is 0 Å². The van der Waals surface area contributed by atoms with Gasteiger partial charge in [0.05, 0.1) is 12.2 Å². The Kier molecular flexibility index (Phi) is 6.90. The molecule has 0 spiro atoms. The average molecular weight is 310 g/mol. The van der Waals surface area contributed by atoms with Gasteiger partial charge in [-0.25, -0.2) is 4.79 Å². The summed E-state index contributed by atoms with van der Waals surface area (Å²) in [5.41, 5.74) is 0.379. The van der Waals surface area contributed by atoms with Crippen LogP contribution in [0.25, 0.3) is 0 Å². The predicted molar refractivity (Wildman–Crippen MR) is 85.4 cm³/mol. The summed E-state index contributed by atoms with van der Waals surface area (Å²) in [6, 6.07) is 0.